The highest BCUT2D eigenvalue weighted by atomic mass is 16.5. The van der Waals surface area contributed by atoms with Crippen molar-refractivity contribution in [1.29, 1.82) is 0 Å². The van der Waals surface area contributed by atoms with E-state index in [0.717, 1.165) is 19.3 Å². The third kappa shape index (κ3) is 6.02. The van der Waals surface area contributed by atoms with Crippen molar-refractivity contribution in [2.75, 3.05) is 13.2 Å². The van der Waals surface area contributed by atoms with Gasteiger partial charge in [-0.2, -0.15) is 0 Å². The van der Waals surface area contributed by atoms with Crippen molar-refractivity contribution in [2.24, 2.45) is 0 Å². The van der Waals surface area contributed by atoms with Crippen molar-refractivity contribution < 1.29 is 19.4 Å². The van der Waals surface area contributed by atoms with Gasteiger partial charge >= 0.3 is 5.97 Å². The molecule has 0 aliphatic heterocycles. The van der Waals surface area contributed by atoms with E-state index < -0.39 is 5.97 Å². The lowest BCUT2D eigenvalue weighted by atomic mass is 9.98. The van der Waals surface area contributed by atoms with Crippen molar-refractivity contribution in [1.82, 2.24) is 5.32 Å². The highest BCUT2D eigenvalue weighted by Crippen LogP contribution is 2.20. The van der Waals surface area contributed by atoms with Gasteiger partial charge in [0.15, 0.2) is 0 Å². The van der Waals surface area contributed by atoms with Crippen LogP contribution in [0.15, 0.2) is 24.3 Å². The molecular formula is C18H25NO4. The summed E-state index contributed by atoms with van der Waals surface area (Å²) in [4.78, 5) is 23.0. The summed E-state index contributed by atoms with van der Waals surface area (Å²) < 4.78 is 5.80. The number of carboxylic acids is 1. The van der Waals surface area contributed by atoms with Crippen LogP contribution in [0.4, 0.5) is 0 Å². The van der Waals surface area contributed by atoms with Gasteiger partial charge in [-0.1, -0.05) is 37.5 Å². The molecule has 1 aliphatic rings. The van der Waals surface area contributed by atoms with E-state index in [2.05, 4.69) is 5.32 Å². The molecule has 126 valence electrons. The minimum atomic E-state index is -1.01. The first-order valence-corrected chi connectivity index (χ1v) is 8.36. The third-order valence-electron chi connectivity index (χ3n) is 4.15. The van der Waals surface area contributed by atoms with Gasteiger partial charge in [0.2, 0.25) is 5.91 Å². The van der Waals surface area contributed by atoms with Crippen LogP contribution in [0.25, 0.3) is 0 Å². The number of carbonyl (C=O) groups is 2. The van der Waals surface area contributed by atoms with Crippen molar-refractivity contribution in [3.8, 4) is 0 Å². The van der Waals surface area contributed by atoms with Gasteiger partial charge in [-0.25, -0.2) is 4.79 Å². The molecule has 5 nitrogen and oxygen atoms in total. The average Bonchev–Trinajstić information content (AvgIpc) is 2.56. The average molecular weight is 319 g/mol. The van der Waals surface area contributed by atoms with Crippen molar-refractivity contribution >= 4 is 11.9 Å². The molecule has 1 fully saturated rings. The largest absolute Gasteiger partial charge is 0.478 e. The zero-order valence-corrected chi connectivity index (χ0v) is 13.4. The van der Waals surface area contributed by atoms with E-state index in [0.29, 0.717) is 24.8 Å². The lowest BCUT2D eigenvalue weighted by Gasteiger charge is -2.21. The van der Waals surface area contributed by atoms with Gasteiger partial charge in [0.25, 0.3) is 0 Å². The van der Waals surface area contributed by atoms with Crippen LogP contribution in [0, 0.1) is 0 Å². The normalized spacial score (nSPS) is 15.3. The number of hydrogen-bond donors (Lipinski definition) is 2. The highest BCUT2D eigenvalue weighted by Gasteiger charge is 2.14. The molecular weight excluding hydrogens is 294 g/mol. The molecule has 2 rings (SSSR count). The first-order valence-electron chi connectivity index (χ1n) is 8.36. The maximum atomic E-state index is 11.9. The lowest BCUT2D eigenvalue weighted by Crippen LogP contribution is -2.28. The zero-order valence-electron chi connectivity index (χ0n) is 13.4. The quantitative estimate of drug-likeness (QED) is 0.723. The summed E-state index contributed by atoms with van der Waals surface area (Å²) in [5.41, 5.74) is 0.722. The second kappa shape index (κ2) is 9.30. The molecule has 1 aromatic rings. The lowest BCUT2D eigenvalue weighted by molar-refractivity contribution is -0.120. The number of amides is 1. The molecule has 5 heteroatoms. The fourth-order valence-electron chi connectivity index (χ4n) is 2.90. The molecule has 0 radical (unpaired) electrons. The molecule has 0 unspecified atom stereocenters. The SMILES string of the molecule is O=C(Cc1ccccc1C(=O)O)NCCCOC1CCCCC1. The molecule has 1 aromatic carbocycles. The van der Waals surface area contributed by atoms with Crippen molar-refractivity contribution in [2.45, 2.75) is 51.0 Å². The minimum absolute atomic E-state index is 0.0892. The number of benzene rings is 1. The molecule has 0 bridgehead atoms. The number of carbonyl (C=O) groups excluding carboxylic acids is 1. The Balaban J connectivity index is 1.64. The van der Waals surface area contributed by atoms with E-state index >= 15 is 0 Å². The van der Waals surface area contributed by atoms with E-state index in [9.17, 15) is 9.59 Å². The zero-order chi connectivity index (χ0) is 16.5. The summed E-state index contributed by atoms with van der Waals surface area (Å²) in [7, 11) is 0. The number of nitrogens with one attached hydrogen (secondary N) is 1. The Hall–Kier alpha value is -1.88. The maximum absolute atomic E-state index is 11.9. The Labute approximate surface area is 137 Å². The Morgan fingerprint density at radius 1 is 1.17 bits per heavy atom. The third-order valence-corrected chi connectivity index (χ3v) is 4.15. The smallest absolute Gasteiger partial charge is 0.335 e. The molecule has 1 amide bonds. The van der Waals surface area contributed by atoms with E-state index in [4.69, 9.17) is 9.84 Å². The van der Waals surface area contributed by atoms with Crippen LogP contribution in [0.2, 0.25) is 0 Å². The molecule has 0 spiro atoms. The second-order valence-corrected chi connectivity index (χ2v) is 5.97. The first kappa shape index (κ1) is 17.5. The molecule has 0 heterocycles. The summed E-state index contributed by atoms with van der Waals surface area (Å²) >= 11 is 0. The second-order valence-electron chi connectivity index (χ2n) is 5.97. The summed E-state index contributed by atoms with van der Waals surface area (Å²) in [6, 6.07) is 6.60. The van der Waals surface area contributed by atoms with Gasteiger partial charge in [-0.15, -0.1) is 0 Å². The van der Waals surface area contributed by atoms with Gasteiger partial charge in [0.05, 0.1) is 18.1 Å². The molecule has 23 heavy (non-hydrogen) atoms. The molecule has 0 atom stereocenters. The van der Waals surface area contributed by atoms with E-state index in [1.807, 2.05) is 0 Å². The van der Waals surface area contributed by atoms with Crippen LogP contribution in [-0.2, 0) is 16.0 Å². The summed E-state index contributed by atoms with van der Waals surface area (Å²) in [6.45, 7) is 1.22. The molecule has 0 saturated heterocycles. The Morgan fingerprint density at radius 3 is 2.65 bits per heavy atom. The molecule has 0 aromatic heterocycles. The summed E-state index contributed by atoms with van der Waals surface area (Å²) in [5, 5.41) is 11.9. The van der Waals surface area contributed by atoms with E-state index in [-0.39, 0.29) is 17.9 Å². The predicted molar refractivity (Wildman–Crippen MR) is 87.6 cm³/mol. The van der Waals surface area contributed by atoms with Crippen LogP contribution in [-0.4, -0.2) is 36.2 Å². The van der Waals surface area contributed by atoms with Crippen LogP contribution in [0.5, 0.6) is 0 Å². The minimum Gasteiger partial charge on any atom is -0.478 e. The van der Waals surface area contributed by atoms with Crippen LogP contribution >= 0.6 is 0 Å². The van der Waals surface area contributed by atoms with Gasteiger partial charge < -0.3 is 15.2 Å². The number of hydrogen-bond acceptors (Lipinski definition) is 3. The van der Waals surface area contributed by atoms with E-state index in [1.165, 1.54) is 25.3 Å². The fraction of sp³-hybridized carbons (Fsp3) is 0.556. The van der Waals surface area contributed by atoms with Crippen molar-refractivity contribution in [3.05, 3.63) is 35.4 Å². The molecule has 1 saturated carbocycles. The van der Waals surface area contributed by atoms with Gasteiger partial charge in [0.1, 0.15) is 0 Å². The van der Waals surface area contributed by atoms with Gasteiger partial charge in [0, 0.05) is 13.2 Å². The Morgan fingerprint density at radius 2 is 1.91 bits per heavy atom. The first-order chi connectivity index (χ1) is 11.2. The number of ether oxygens (including phenoxy) is 1. The summed E-state index contributed by atoms with van der Waals surface area (Å²) in [5.74, 6) is -1.16. The monoisotopic (exact) mass is 319 g/mol. The van der Waals surface area contributed by atoms with Gasteiger partial charge in [-0.3, -0.25) is 4.79 Å². The van der Waals surface area contributed by atoms with E-state index in [1.54, 1.807) is 18.2 Å². The van der Waals surface area contributed by atoms with Crippen molar-refractivity contribution in [3.63, 3.8) is 0 Å². The van der Waals surface area contributed by atoms with Crippen LogP contribution in [0.1, 0.15) is 54.4 Å². The Kier molecular flexibility index (Phi) is 7.07. The number of carboxylic acid groups (broad SMARTS) is 1. The number of aromatic carboxylic acids is 1. The fourth-order valence-corrected chi connectivity index (χ4v) is 2.90. The molecule has 1 aliphatic carbocycles. The van der Waals surface area contributed by atoms with Crippen LogP contribution in [0.3, 0.4) is 0 Å². The topological polar surface area (TPSA) is 75.6 Å². The number of rotatable bonds is 8. The standard InChI is InChI=1S/C18H25NO4/c20-17(13-14-7-4-5-10-16(14)18(21)22)19-11-6-12-23-15-8-2-1-3-9-15/h4-5,7,10,15H,1-3,6,8-9,11-13H2,(H,19,20)(H,21,22). The molecule has 2 N–H and O–H groups in total. The summed E-state index contributed by atoms with van der Waals surface area (Å²) in [6.07, 6.45) is 7.38. The highest BCUT2D eigenvalue weighted by molar-refractivity contribution is 5.91. The van der Waals surface area contributed by atoms with Crippen LogP contribution < -0.4 is 5.32 Å². The predicted octanol–water partition coefficient (Wildman–Crippen LogP) is 2.78. The Bertz CT molecular complexity index is 524. The van der Waals surface area contributed by atoms with Gasteiger partial charge in [-0.05, 0) is 30.9 Å². The maximum Gasteiger partial charge on any atom is 0.335 e.